The van der Waals surface area contributed by atoms with Crippen LogP contribution in [0.1, 0.15) is 34.5 Å². The van der Waals surface area contributed by atoms with Crippen LogP contribution in [0.25, 0.3) is 11.3 Å². The number of aromatic nitrogens is 2. The van der Waals surface area contributed by atoms with Gasteiger partial charge in [-0.3, -0.25) is 4.79 Å². The van der Waals surface area contributed by atoms with Gasteiger partial charge in [-0.15, -0.1) is 0 Å². The van der Waals surface area contributed by atoms with Crippen LogP contribution in [0.4, 0.5) is 0 Å². The van der Waals surface area contributed by atoms with E-state index < -0.39 is 5.69 Å². The van der Waals surface area contributed by atoms with E-state index in [0.29, 0.717) is 11.4 Å². The van der Waals surface area contributed by atoms with Crippen LogP contribution in [0.5, 0.6) is 0 Å². The zero-order valence-electron chi connectivity index (χ0n) is 12.8. The highest BCUT2D eigenvalue weighted by Crippen LogP contribution is 2.23. The fourth-order valence-corrected chi connectivity index (χ4v) is 2.81. The number of carbonyl (C=O) groups is 1. The molecule has 2 aromatic rings. The second-order valence-corrected chi connectivity index (χ2v) is 5.80. The van der Waals surface area contributed by atoms with Gasteiger partial charge in [-0.1, -0.05) is 17.7 Å². The lowest BCUT2D eigenvalue weighted by molar-refractivity contribution is 0.0786. The minimum absolute atomic E-state index is 0.122. The first-order chi connectivity index (χ1) is 10.5. The average molecular weight is 297 g/mol. The number of carbonyl (C=O) groups excluding carboxylic acids is 1. The second kappa shape index (κ2) is 5.75. The van der Waals surface area contributed by atoms with Gasteiger partial charge in [0.15, 0.2) is 0 Å². The smallest absolute Gasteiger partial charge is 0.337 e. The molecule has 5 nitrogen and oxygen atoms in total. The standard InChI is InChI=1S/C17H19N3O2/c1-11-5-6-12(2)13(9-11)14-10-15(19-17(22)18-14)16(21)20-7-3-4-8-20/h5-6,9-10H,3-4,7-8H2,1-2H3,(H,18,19,22). The summed E-state index contributed by atoms with van der Waals surface area (Å²) in [7, 11) is 0. The first-order valence-corrected chi connectivity index (χ1v) is 7.53. The number of H-pyrrole nitrogens is 1. The van der Waals surface area contributed by atoms with Crippen LogP contribution >= 0.6 is 0 Å². The normalized spacial score (nSPS) is 14.4. The van der Waals surface area contributed by atoms with E-state index in [4.69, 9.17) is 0 Å². The molecule has 0 spiro atoms. The second-order valence-electron chi connectivity index (χ2n) is 5.80. The van der Waals surface area contributed by atoms with Crippen molar-refractivity contribution in [3.8, 4) is 11.3 Å². The van der Waals surface area contributed by atoms with Gasteiger partial charge in [0.1, 0.15) is 5.69 Å². The Hall–Kier alpha value is -2.43. The molecule has 1 N–H and O–H groups in total. The van der Waals surface area contributed by atoms with E-state index in [9.17, 15) is 9.59 Å². The topological polar surface area (TPSA) is 66.1 Å². The first kappa shape index (κ1) is 14.5. The number of likely N-dealkylation sites (tertiary alicyclic amines) is 1. The van der Waals surface area contributed by atoms with E-state index in [1.165, 1.54) is 0 Å². The summed E-state index contributed by atoms with van der Waals surface area (Å²) in [6, 6.07) is 7.68. The van der Waals surface area contributed by atoms with Crippen molar-refractivity contribution < 1.29 is 4.79 Å². The summed E-state index contributed by atoms with van der Waals surface area (Å²) in [6.45, 7) is 5.47. The molecule has 0 saturated carbocycles. The van der Waals surface area contributed by atoms with E-state index in [-0.39, 0.29) is 5.91 Å². The Bertz CT molecular complexity index is 774. The van der Waals surface area contributed by atoms with Crippen LogP contribution in [0.3, 0.4) is 0 Å². The number of amides is 1. The maximum absolute atomic E-state index is 12.5. The molecular weight excluding hydrogens is 278 g/mol. The third kappa shape index (κ3) is 2.79. The summed E-state index contributed by atoms with van der Waals surface area (Å²) >= 11 is 0. The average Bonchev–Trinajstić information content (AvgIpc) is 3.02. The van der Waals surface area contributed by atoms with Gasteiger partial charge in [0, 0.05) is 18.7 Å². The zero-order chi connectivity index (χ0) is 15.7. The van der Waals surface area contributed by atoms with Crippen molar-refractivity contribution in [2.24, 2.45) is 0 Å². The fraction of sp³-hybridized carbons (Fsp3) is 0.353. The largest absolute Gasteiger partial charge is 0.346 e. The minimum Gasteiger partial charge on any atom is -0.337 e. The van der Waals surface area contributed by atoms with Gasteiger partial charge in [-0.25, -0.2) is 4.79 Å². The van der Waals surface area contributed by atoms with Crippen LogP contribution in [-0.2, 0) is 0 Å². The summed E-state index contributed by atoms with van der Waals surface area (Å²) < 4.78 is 0. The Morgan fingerprint density at radius 3 is 2.64 bits per heavy atom. The molecule has 0 aliphatic carbocycles. The molecule has 0 atom stereocenters. The van der Waals surface area contributed by atoms with E-state index in [0.717, 1.165) is 42.6 Å². The van der Waals surface area contributed by atoms with Gasteiger partial charge >= 0.3 is 5.69 Å². The number of rotatable bonds is 2. The van der Waals surface area contributed by atoms with Crippen molar-refractivity contribution in [3.05, 3.63) is 51.6 Å². The predicted molar refractivity (Wildman–Crippen MR) is 84.9 cm³/mol. The molecule has 114 valence electrons. The van der Waals surface area contributed by atoms with Crippen LogP contribution in [0.15, 0.2) is 29.1 Å². The van der Waals surface area contributed by atoms with Crippen LogP contribution in [0.2, 0.25) is 0 Å². The molecule has 2 heterocycles. The Balaban J connectivity index is 2.04. The molecule has 22 heavy (non-hydrogen) atoms. The van der Waals surface area contributed by atoms with Gasteiger partial charge in [0.2, 0.25) is 0 Å². The Kier molecular flexibility index (Phi) is 3.79. The highest BCUT2D eigenvalue weighted by molar-refractivity contribution is 5.93. The lowest BCUT2D eigenvalue weighted by Crippen LogP contribution is -2.30. The summed E-state index contributed by atoms with van der Waals surface area (Å²) in [6.07, 6.45) is 2.04. The zero-order valence-corrected chi connectivity index (χ0v) is 12.8. The number of benzene rings is 1. The predicted octanol–water partition coefficient (Wildman–Crippen LogP) is 2.29. The van der Waals surface area contributed by atoms with E-state index in [2.05, 4.69) is 9.97 Å². The summed E-state index contributed by atoms with van der Waals surface area (Å²) in [5.41, 5.74) is 3.39. The van der Waals surface area contributed by atoms with Crippen molar-refractivity contribution in [2.45, 2.75) is 26.7 Å². The molecule has 0 bridgehead atoms. The Morgan fingerprint density at radius 1 is 1.18 bits per heavy atom. The SMILES string of the molecule is Cc1ccc(C)c(-c2cc(C(=O)N3CCCC3)[nH]c(=O)n2)c1. The van der Waals surface area contributed by atoms with Crippen molar-refractivity contribution in [1.29, 1.82) is 0 Å². The van der Waals surface area contributed by atoms with Gasteiger partial charge in [0.25, 0.3) is 5.91 Å². The van der Waals surface area contributed by atoms with E-state index in [1.54, 1.807) is 11.0 Å². The quantitative estimate of drug-likeness (QED) is 0.925. The highest BCUT2D eigenvalue weighted by Gasteiger charge is 2.21. The summed E-state index contributed by atoms with van der Waals surface area (Å²) in [5, 5.41) is 0. The van der Waals surface area contributed by atoms with Gasteiger partial charge in [0.05, 0.1) is 5.69 Å². The van der Waals surface area contributed by atoms with Crippen LogP contribution in [0, 0.1) is 13.8 Å². The number of aryl methyl sites for hydroxylation is 2. The number of nitrogens with one attached hydrogen (secondary N) is 1. The first-order valence-electron chi connectivity index (χ1n) is 7.53. The molecule has 1 aliphatic rings. The number of hydrogen-bond acceptors (Lipinski definition) is 3. The minimum atomic E-state index is -0.485. The molecule has 0 radical (unpaired) electrons. The maximum atomic E-state index is 12.5. The van der Waals surface area contributed by atoms with Crippen LogP contribution in [-0.4, -0.2) is 33.9 Å². The van der Waals surface area contributed by atoms with Gasteiger partial charge in [-0.2, -0.15) is 4.98 Å². The third-order valence-electron chi connectivity index (χ3n) is 4.04. The van der Waals surface area contributed by atoms with Crippen molar-refractivity contribution in [2.75, 3.05) is 13.1 Å². The molecule has 1 aromatic carbocycles. The van der Waals surface area contributed by atoms with E-state index >= 15 is 0 Å². The Labute approximate surface area is 129 Å². The Morgan fingerprint density at radius 2 is 1.91 bits per heavy atom. The monoisotopic (exact) mass is 297 g/mol. The number of hydrogen-bond donors (Lipinski definition) is 1. The van der Waals surface area contributed by atoms with Crippen molar-refractivity contribution >= 4 is 5.91 Å². The molecule has 1 saturated heterocycles. The summed E-state index contributed by atoms with van der Waals surface area (Å²) in [5.74, 6) is -0.122. The molecule has 1 fully saturated rings. The van der Waals surface area contributed by atoms with Crippen molar-refractivity contribution in [3.63, 3.8) is 0 Å². The lowest BCUT2D eigenvalue weighted by atomic mass is 10.0. The molecule has 1 aromatic heterocycles. The van der Waals surface area contributed by atoms with Gasteiger partial charge < -0.3 is 9.88 Å². The van der Waals surface area contributed by atoms with Crippen molar-refractivity contribution in [1.82, 2.24) is 14.9 Å². The molecule has 3 rings (SSSR count). The van der Waals surface area contributed by atoms with Gasteiger partial charge in [-0.05, 0) is 44.4 Å². The molecular formula is C17H19N3O2. The molecule has 5 heteroatoms. The number of nitrogens with zero attached hydrogens (tertiary/aromatic N) is 2. The van der Waals surface area contributed by atoms with Crippen LogP contribution < -0.4 is 5.69 Å². The molecule has 1 aliphatic heterocycles. The highest BCUT2D eigenvalue weighted by atomic mass is 16.2. The molecule has 1 amide bonds. The number of aromatic amines is 1. The van der Waals surface area contributed by atoms with E-state index in [1.807, 2.05) is 32.0 Å². The fourth-order valence-electron chi connectivity index (χ4n) is 2.81. The molecule has 0 unspecified atom stereocenters. The lowest BCUT2D eigenvalue weighted by Gasteiger charge is -2.15. The maximum Gasteiger partial charge on any atom is 0.346 e. The third-order valence-corrected chi connectivity index (χ3v) is 4.04. The summed E-state index contributed by atoms with van der Waals surface area (Å²) in [4.78, 5) is 32.7.